The Labute approximate surface area is 170 Å². The van der Waals surface area contributed by atoms with Crippen LogP contribution in [0.2, 0.25) is 0 Å². The van der Waals surface area contributed by atoms with E-state index >= 15 is 0 Å². The van der Waals surface area contributed by atoms with Crippen LogP contribution in [0.4, 0.5) is 8.78 Å². The molecule has 0 aliphatic carbocycles. The van der Waals surface area contributed by atoms with E-state index in [2.05, 4.69) is 4.90 Å². The molecule has 154 valence electrons. The lowest BCUT2D eigenvalue weighted by Gasteiger charge is -2.28. The Morgan fingerprint density at radius 2 is 1.76 bits per heavy atom. The SMILES string of the molecule is O=C(c1ccc(OCc2ccc(F)cc2)cc1F)N1CCC[C@H]1CN1CCCC1. The Bertz CT molecular complexity index is 850. The van der Waals surface area contributed by atoms with E-state index in [0.29, 0.717) is 12.3 Å². The highest BCUT2D eigenvalue weighted by Gasteiger charge is 2.32. The van der Waals surface area contributed by atoms with Crippen LogP contribution in [0, 0.1) is 11.6 Å². The molecule has 0 N–H and O–H groups in total. The predicted octanol–water partition coefficient (Wildman–Crippen LogP) is 4.24. The van der Waals surface area contributed by atoms with E-state index in [1.54, 1.807) is 18.2 Å². The van der Waals surface area contributed by atoms with Crippen LogP contribution in [0.3, 0.4) is 0 Å². The molecule has 4 nitrogen and oxygen atoms in total. The zero-order chi connectivity index (χ0) is 20.2. The van der Waals surface area contributed by atoms with E-state index in [-0.39, 0.29) is 29.9 Å². The zero-order valence-electron chi connectivity index (χ0n) is 16.4. The van der Waals surface area contributed by atoms with Crippen molar-refractivity contribution in [1.82, 2.24) is 9.80 Å². The summed E-state index contributed by atoms with van der Waals surface area (Å²) in [6.45, 7) is 3.95. The van der Waals surface area contributed by atoms with Crippen LogP contribution in [0.1, 0.15) is 41.6 Å². The fourth-order valence-corrected chi connectivity index (χ4v) is 4.22. The molecule has 29 heavy (non-hydrogen) atoms. The summed E-state index contributed by atoms with van der Waals surface area (Å²) in [4.78, 5) is 17.2. The third-order valence-corrected chi connectivity index (χ3v) is 5.80. The molecule has 2 heterocycles. The maximum Gasteiger partial charge on any atom is 0.257 e. The number of amides is 1. The minimum Gasteiger partial charge on any atom is -0.489 e. The molecule has 0 radical (unpaired) electrons. The van der Waals surface area contributed by atoms with Gasteiger partial charge in [-0.1, -0.05) is 12.1 Å². The number of rotatable bonds is 6. The van der Waals surface area contributed by atoms with E-state index < -0.39 is 5.82 Å². The van der Waals surface area contributed by atoms with Crippen molar-refractivity contribution in [1.29, 1.82) is 0 Å². The van der Waals surface area contributed by atoms with Gasteiger partial charge < -0.3 is 14.5 Å². The lowest BCUT2D eigenvalue weighted by Crippen LogP contribution is -2.42. The average molecular weight is 400 g/mol. The molecule has 0 aromatic heterocycles. The van der Waals surface area contributed by atoms with Crippen LogP contribution in [0.5, 0.6) is 5.75 Å². The normalized spacial score (nSPS) is 19.7. The molecule has 2 aliphatic heterocycles. The van der Waals surface area contributed by atoms with Crippen molar-refractivity contribution >= 4 is 5.91 Å². The van der Waals surface area contributed by atoms with E-state index in [4.69, 9.17) is 4.74 Å². The van der Waals surface area contributed by atoms with E-state index in [9.17, 15) is 13.6 Å². The second kappa shape index (κ2) is 8.91. The van der Waals surface area contributed by atoms with Gasteiger partial charge in [-0.3, -0.25) is 4.79 Å². The zero-order valence-corrected chi connectivity index (χ0v) is 16.4. The Hall–Kier alpha value is -2.47. The summed E-state index contributed by atoms with van der Waals surface area (Å²) in [7, 11) is 0. The smallest absolute Gasteiger partial charge is 0.257 e. The highest BCUT2D eigenvalue weighted by atomic mass is 19.1. The quantitative estimate of drug-likeness (QED) is 0.727. The van der Waals surface area contributed by atoms with Gasteiger partial charge in [-0.05, 0) is 68.6 Å². The molecule has 2 aromatic rings. The maximum absolute atomic E-state index is 14.7. The molecule has 6 heteroatoms. The molecule has 0 bridgehead atoms. The van der Waals surface area contributed by atoms with Gasteiger partial charge in [0.25, 0.3) is 5.91 Å². The van der Waals surface area contributed by atoms with Crippen molar-refractivity contribution < 1.29 is 18.3 Å². The molecule has 0 spiro atoms. The molecular formula is C23H26F2N2O2. The Morgan fingerprint density at radius 3 is 2.48 bits per heavy atom. The number of ether oxygens (including phenoxy) is 1. The summed E-state index contributed by atoms with van der Waals surface area (Å²) in [5.74, 6) is -0.779. The molecule has 4 rings (SSSR count). The lowest BCUT2D eigenvalue weighted by molar-refractivity contribution is 0.0704. The molecule has 0 unspecified atom stereocenters. The van der Waals surface area contributed by atoms with Gasteiger partial charge in [0.1, 0.15) is 24.0 Å². The summed E-state index contributed by atoms with van der Waals surface area (Å²) >= 11 is 0. The van der Waals surface area contributed by atoms with Crippen LogP contribution < -0.4 is 4.74 Å². The first-order chi connectivity index (χ1) is 14.1. The van der Waals surface area contributed by atoms with Crippen LogP contribution in [-0.4, -0.2) is 47.9 Å². The number of hydrogen-bond donors (Lipinski definition) is 0. The minimum atomic E-state index is -0.571. The Balaban J connectivity index is 1.39. The molecule has 2 aromatic carbocycles. The van der Waals surface area contributed by atoms with Gasteiger partial charge in [0.2, 0.25) is 0 Å². The van der Waals surface area contributed by atoms with Crippen molar-refractivity contribution in [3.63, 3.8) is 0 Å². The number of carbonyl (C=O) groups excluding carboxylic acids is 1. The fraction of sp³-hybridized carbons (Fsp3) is 0.435. The Morgan fingerprint density at radius 1 is 1.00 bits per heavy atom. The number of likely N-dealkylation sites (tertiary alicyclic amines) is 2. The molecular weight excluding hydrogens is 374 g/mol. The van der Waals surface area contributed by atoms with Gasteiger partial charge >= 0.3 is 0 Å². The summed E-state index contributed by atoms with van der Waals surface area (Å²) < 4.78 is 33.2. The summed E-state index contributed by atoms with van der Waals surface area (Å²) in [6, 6.07) is 10.5. The third-order valence-electron chi connectivity index (χ3n) is 5.80. The van der Waals surface area contributed by atoms with E-state index in [1.165, 1.54) is 37.1 Å². The van der Waals surface area contributed by atoms with Gasteiger partial charge in [-0.15, -0.1) is 0 Å². The first-order valence-corrected chi connectivity index (χ1v) is 10.3. The maximum atomic E-state index is 14.7. The number of halogens is 2. The molecule has 1 amide bonds. The minimum absolute atomic E-state index is 0.0902. The summed E-state index contributed by atoms with van der Waals surface area (Å²) in [6.07, 6.45) is 4.37. The van der Waals surface area contributed by atoms with Crippen LogP contribution in [-0.2, 0) is 6.61 Å². The number of carbonyl (C=O) groups is 1. The molecule has 2 aliphatic rings. The third kappa shape index (κ3) is 4.75. The summed E-state index contributed by atoms with van der Waals surface area (Å²) in [5, 5.41) is 0. The Kier molecular flexibility index (Phi) is 6.09. The fourth-order valence-electron chi connectivity index (χ4n) is 4.22. The number of benzene rings is 2. The van der Waals surface area contributed by atoms with Crippen molar-refractivity contribution in [3.05, 3.63) is 65.2 Å². The number of nitrogens with zero attached hydrogens (tertiary/aromatic N) is 2. The topological polar surface area (TPSA) is 32.8 Å². The molecule has 0 saturated carbocycles. The van der Waals surface area contributed by atoms with Crippen LogP contribution in [0.25, 0.3) is 0 Å². The average Bonchev–Trinajstić information content (AvgIpc) is 3.40. The second-order valence-corrected chi connectivity index (χ2v) is 7.86. The molecule has 1 atom stereocenters. The van der Waals surface area contributed by atoms with Gasteiger partial charge in [0.15, 0.2) is 0 Å². The first-order valence-electron chi connectivity index (χ1n) is 10.3. The summed E-state index contributed by atoms with van der Waals surface area (Å²) in [5.41, 5.74) is 0.876. The first kappa shape index (κ1) is 19.8. The van der Waals surface area contributed by atoms with Crippen molar-refractivity contribution in [2.24, 2.45) is 0 Å². The second-order valence-electron chi connectivity index (χ2n) is 7.86. The van der Waals surface area contributed by atoms with Crippen LogP contribution >= 0.6 is 0 Å². The predicted molar refractivity (Wildman–Crippen MR) is 107 cm³/mol. The van der Waals surface area contributed by atoms with Gasteiger partial charge in [0.05, 0.1) is 5.56 Å². The van der Waals surface area contributed by atoms with Crippen molar-refractivity contribution in [2.45, 2.75) is 38.3 Å². The van der Waals surface area contributed by atoms with Gasteiger partial charge in [0, 0.05) is 25.2 Å². The molecule has 2 saturated heterocycles. The largest absolute Gasteiger partial charge is 0.489 e. The number of hydrogen-bond acceptors (Lipinski definition) is 3. The monoisotopic (exact) mass is 400 g/mol. The van der Waals surface area contributed by atoms with Crippen molar-refractivity contribution in [2.75, 3.05) is 26.2 Å². The standard InChI is InChI=1S/C23H26F2N2O2/c24-18-7-5-17(6-8-18)16-29-20-9-10-21(22(25)14-20)23(28)27-13-3-4-19(27)15-26-11-1-2-12-26/h5-10,14,19H,1-4,11-13,15-16H2/t19-/m0/s1. The molecule has 2 fully saturated rings. The van der Waals surface area contributed by atoms with Crippen LogP contribution in [0.15, 0.2) is 42.5 Å². The van der Waals surface area contributed by atoms with E-state index in [0.717, 1.165) is 38.0 Å². The highest BCUT2D eigenvalue weighted by molar-refractivity contribution is 5.95. The van der Waals surface area contributed by atoms with Gasteiger partial charge in [-0.2, -0.15) is 0 Å². The van der Waals surface area contributed by atoms with E-state index in [1.807, 2.05) is 4.90 Å². The van der Waals surface area contributed by atoms with Gasteiger partial charge in [-0.25, -0.2) is 8.78 Å². The highest BCUT2D eigenvalue weighted by Crippen LogP contribution is 2.25. The van der Waals surface area contributed by atoms with Crippen molar-refractivity contribution in [3.8, 4) is 5.75 Å². The lowest BCUT2D eigenvalue weighted by atomic mass is 10.1.